The van der Waals surface area contributed by atoms with Crippen molar-refractivity contribution in [2.75, 3.05) is 7.11 Å². The molecule has 0 saturated carbocycles. The monoisotopic (exact) mass is 468 g/mol. The van der Waals surface area contributed by atoms with Gasteiger partial charge in [-0.3, -0.25) is 9.59 Å². The number of pyridine rings is 2. The number of aromatic amines is 2. The molecule has 0 aliphatic rings. The number of hydrogen-bond acceptors (Lipinski definition) is 5. The first kappa shape index (κ1) is 22.3. The van der Waals surface area contributed by atoms with Gasteiger partial charge in [0.1, 0.15) is 17.2 Å². The molecule has 5 rings (SSSR count). The highest BCUT2D eigenvalue weighted by atomic mass is 16.5. The maximum Gasteiger partial charge on any atom is 0.256 e. The standard InChI is InChI=1S/C28H24N2O5/c1-14-4-10-20-18(12-14)25(31)23(27(33)29-20)22(16-6-8-17(35-3)9-7-16)24-26(32)19-13-15(2)5-11-21(19)30-28(24)34/h4-13,22H,1-3H3,(H2,29,31,33)(H2,30,32,34). The Balaban J connectivity index is 1.90. The summed E-state index contributed by atoms with van der Waals surface area (Å²) < 4.78 is 5.26. The van der Waals surface area contributed by atoms with E-state index in [1.807, 2.05) is 26.0 Å². The summed E-state index contributed by atoms with van der Waals surface area (Å²) in [7, 11) is 1.54. The molecule has 0 radical (unpaired) electrons. The molecule has 5 aromatic rings. The molecule has 7 nitrogen and oxygen atoms in total. The van der Waals surface area contributed by atoms with Crippen LogP contribution >= 0.6 is 0 Å². The average Bonchev–Trinajstić information content (AvgIpc) is 2.84. The van der Waals surface area contributed by atoms with Crippen molar-refractivity contribution in [2.24, 2.45) is 0 Å². The summed E-state index contributed by atoms with van der Waals surface area (Å²) in [4.78, 5) is 32.4. The number of rotatable bonds is 4. The summed E-state index contributed by atoms with van der Waals surface area (Å²) in [6.45, 7) is 3.76. The summed E-state index contributed by atoms with van der Waals surface area (Å²) in [5, 5.41) is 23.6. The molecule has 0 unspecified atom stereocenters. The zero-order chi connectivity index (χ0) is 24.9. The summed E-state index contributed by atoms with van der Waals surface area (Å²) in [5.41, 5.74) is 2.12. The number of benzene rings is 3. The molecular weight excluding hydrogens is 444 g/mol. The van der Waals surface area contributed by atoms with Crippen molar-refractivity contribution in [3.8, 4) is 17.2 Å². The Hall–Kier alpha value is -4.52. The summed E-state index contributed by atoms with van der Waals surface area (Å²) in [6, 6.07) is 17.5. The number of fused-ring (bicyclic) bond motifs is 2. The van der Waals surface area contributed by atoms with Gasteiger partial charge in [-0.1, -0.05) is 35.4 Å². The van der Waals surface area contributed by atoms with Gasteiger partial charge in [-0.25, -0.2) is 0 Å². The van der Waals surface area contributed by atoms with Gasteiger partial charge >= 0.3 is 0 Å². The summed E-state index contributed by atoms with van der Waals surface area (Å²) in [5.74, 6) is -0.942. The maximum atomic E-state index is 13.4. The number of H-pyrrole nitrogens is 2. The van der Waals surface area contributed by atoms with E-state index in [2.05, 4.69) is 9.97 Å². The Bertz CT molecular complexity index is 1610. The Morgan fingerprint density at radius 1 is 0.714 bits per heavy atom. The van der Waals surface area contributed by atoms with E-state index in [-0.39, 0.29) is 22.6 Å². The number of ether oxygens (including phenoxy) is 1. The van der Waals surface area contributed by atoms with Gasteiger partial charge in [-0.05, 0) is 55.8 Å². The third kappa shape index (κ3) is 3.71. The number of nitrogens with one attached hydrogen (secondary N) is 2. The molecule has 176 valence electrons. The lowest BCUT2D eigenvalue weighted by Gasteiger charge is -2.21. The zero-order valence-electron chi connectivity index (χ0n) is 19.5. The minimum absolute atomic E-state index is 0.0268. The third-order valence-corrected chi connectivity index (χ3v) is 6.38. The van der Waals surface area contributed by atoms with Crippen LogP contribution in [0.4, 0.5) is 0 Å². The van der Waals surface area contributed by atoms with Crippen LogP contribution in [0.25, 0.3) is 21.8 Å². The molecule has 0 amide bonds. The Kier molecular flexibility index (Phi) is 5.32. The number of aryl methyl sites for hydroxylation is 2. The molecule has 2 aromatic heterocycles. The molecule has 3 aromatic carbocycles. The van der Waals surface area contributed by atoms with Gasteiger partial charge in [0, 0.05) is 10.8 Å². The fourth-order valence-electron chi connectivity index (χ4n) is 4.62. The topological polar surface area (TPSA) is 115 Å². The van der Waals surface area contributed by atoms with E-state index in [9.17, 15) is 19.8 Å². The van der Waals surface area contributed by atoms with E-state index < -0.39 is 17.0 Å². The first-order valence-corrected chi connectivity index (χ1v) is 11.1. The molecule has 0 spiro atoms. The van der Waals surface area contributed by atoms with Crippen LogP contribution in [0.15, 0.2) is 70.3 Å². The highest BCUT2D eigenvalue weighted by molar-refractivity contribution is 5.89. The van der Waals surface area contributed by atoms with Crippen LogP contribution in [0.2, 0.25) is 0 Å². The highest BCUT2D eigenvalue weighted by Gasteiger charge is 2.30. The SMILES string of the molecule is COc1ccc(C(c2c(O)c3cc(C)ccc3[nH]c2=O)c2c(O)c3cc(C)ccc3[nH]c2=O)cc1. The van der Waals surface area contributed by atoms with Crippen LogP contribution in [0.3, 0.4) is 0 Å². The minimum atomic E-state index is -1.05. The molecule has 0 aliphatic carbocycles. The predicted molar refractivity (Wildman–Crippen MR) is 136 cm³/mol. The van der Waals surface area contributed by atoms with Crippen molar-refractivity contribution in [2.45, 2.75) is 19.8 Å². The van der Waals surface area contributed by atoms with E-state index in [0.29, 0.717) is 33.1 Å². The van der Waals surface area contributed by atoms with Crippen molar-refractivity contribution in [1.29, 1.82) is 0 Å². The smallest absolute Gasteiger partial charge is 0.256 e. The molecule has 0 saturated heterocycles. The van der Waals surface area contributed by atoms with Gasteiger partial charge in [0.15, 0.2) is 0 Å². The zero-order valence-corrected chi connectivity index (χ0v) is 19.5. The molecule has 0 aliphatic heterocycles. The van der Waals surface area contributed by atoms with E-state index in [1.165, 1.54) is 7.11 Å². The molecule has 2 heterocycles. The third-order valence-electron chi connectivity index (χ3n) is 6.38. The van der Waals surface area contributed by atoms with Crippen molar-refractivity contribution in [1.82, 2.24) is 9.97 Å². The lowest BCUT2D eigenvalue weighted by molar-refractivity contribution is 0.414. The number of methoxy groups -OCH3 is 1. The quantitative estimate of drug-likeness (QED) is 0.308. The molecule has 0 bridgehead atoms. The van der Waals surface area contributed by atoms with Crippen LogP contribution in [-0.4, -0.2) is 27.3 Å². The summed E-state index contributed by atoms with van der Waals surface area (Å²) >= 11 is 0. The first-order valence-electron chi connectivity index (χ1n) is 11.1. The lowest BCUT2D eigenvalue weighted by Crippen LogP contribution is -2.24. The van der Waals surface area contributed by atoms with Crippen molar-refractivity contribution in [3.63, 3.8) is 0 Å². The second-order valence-electron chi connectivity index (χ2n) is 8.74. The average molecular weight is 469 g/mol. The van der Waals surface area contributed by atoms with Crippen LogP contribution in [0.1, 0.15) is 33.7 Å². The van der Waals surface area contributed by atoms with Crippen molar-refractivity contribution < 1.29 is 14.9 Å². The van der Waals surface area contributed by atoms with Crippen molar-refractivity contribution in [3.05, 3.63) is 109 Å². The fourth-order valence-corrected chi connectivity index (χ4v) is 4.62. The van der Waals surface area contributed by atoms with Gasteiger partial charge in [0.25, 0.3) is 11.1 Å². The van der Waals surface area contributed by atoms with E-state index in [0.717, 1.165) is 11.1 Å². The van der Waals surface area contributed by atoms with E-state index in [4.69, 9.17) is 4.74 Å². The number of aromatic hydroxyl groups is 2. The van der Waals surface area contributed by atoms with Gasteiger partial charge in [-0.2, -0.15) is 0 Å². The fraction of sp³-hybridized carbons (Fsp3) is 0.143. The Morgan fingerprint density at radius 3 is 1.60 bits per heavy atom. The Labute approximate surface area is 200 Å². The minimum Gasteiger partial charge on any atom is -0.507 e. The second kappa shape index (κ2) is 8.36. The van der Waals surface area contributed by atoms with Crippen LogP contribution in [0.5, 0.6) is 17.2 Å². The molecule has 7 heteroatoms. The lowest BCUT2D eigenvalue weighted by atomic mass is 9.84. The predicted octanol–water partition coefficient (Wildman–Crippen LogP) is 4.59. The molecule has 0 fully saturated rings. The normalized spacial score (nSPS) is 11.4. The molecule has 4 N–H and O–H groups in total. The van der Waals surface area contributed by atoms with Gasteiger partial charge in [0.2, 0.25) is 0 Å². The largest absolute Gasteiger partial charge is 0.507 e. The summed E-state index contributed by atoms with van der Waals surface area (Å²) in [6.07, 6.45) is 0. The van der Waals surface area contributed by atoms with Gasteiger partial charge in [0.05, 0.1) is 35.2 Å². The van der Waals surface area contributed by atoms with Gasteiger partial charge in [-0.15, -0.1) is 0 Å². The molecule has 35 heavy (non-hydrogen) atoms. The Morgan fingerprint density at radius 2 is 1.17 bits per heavy atom. The van der Waals surface area contributed by atoms with Crippen molar-refractivity contribution >= 4 is 21.8 Å². The molecular formula is C28H24N2O5. The van der Waals surface area contributed by atoms with Gasteiger partial charge < -0.3 is 24.9 Å². The van der Waals surface area contributed by atoms with Crippen LogP contribution in [-0.2, 0) is 0 Å². The van der Waals surface area contributed by atoms with Crippen LogP contribution in [0, 0.1) is 13.8 Å². The first-order chi connectivity index (χ1) is 16.8. The highest BCUT2D eigenvalue weighted by Crippen LogP contribution is 2.41. The molecule has 0 atom stereocenters. The van der Waals surface area contributed by atoms with E-state index >= 15 is 0 Å². The number of hydrogen-bond donors (Lipinski definition) is 4. The van der Waals surface area contributed by atoms with E-state index in [1.54, 1.807) is 48.5 Å². The van der Waals surface area contributed by atoms with Crippen LogP contribution < -0.4 is 15.9 Å². The second-order valence-corrected chi connectivity index (χ2v) is 8.74. The maximum absolute atomic E-state index is 13.4. The number of aromatic nitrogens is 2.